The largest absolute Gasteiger partial charge is 0.480 e. The predicted molar refractivity (Wildman–Crippen MR) is 96.8 cm³/mol. The van der Waals surface area contributed by atoms with Gasteiger partial charge >= 0.3 is 6.03 Å². The van der Waals surface area contributed by atoms with Crippen molar-refractivity contribution in [3.63, 3.8) is 0 Å². The number of nitrogens with two attached hydrogens (primary N) is 1. The van der Waals surface area contributed by atoms with Crippen molar-refractivity contribution in [2.45, 2.75) is 24.5 Å². The highest BCUT2D eigenvalue weighted by Crippen LogP contribution is 2.43. The molecule has 2 unspecified atom stereocenters. The van der Waals surface area contributed by atoms with Gasteiger partial charge in [0, 0.05) is 12.0 Å². The van der Waals surface area contributed by atoms with E-state index in [9.17, 15) is 23.6 Å². The second kappa shape index (κ2) is 6.69. The van der Waals surface area contributed by atoms with Crippen LogP contribution in [0.5, 0.6) is 5.75 Å². The molecule has 2 heterocycles. The molecule has 0 bridgehead atoms. The van der Waals surface area contributed by atoms with Gasteiger partial charge in [-0.05, 0) is 23.8 Å². The monoisotopic (exact) mass is 397 g/mol. The third kappa shape index (κ3) is 3.00. The highest BCUT2D eigenvalue weighted by atomic mass is 19.1. The average Bonchev–Trinajstić information content (AvgIpc) is 2.93. The number of rotatable bonds is 3. The molecule has 5 amide bonds. The molecule has 2 aromatic rings. The average molecular weight is 397 g/mol. The molecule has 9 heteroatoms. The van der Waals surface area contributed by atoms with Crippen molar-refractivity contribution in [1.29, 1.82) is 0 Å². The second-order valence-electron chi connectivity index (χ2n) is 6.89. The Bertz CT molecular complexity index is 1040. The van der Waals surface area contributed by atoms with Gasteiger partial charge in [-0.2, -0.15) is 4.90 Å². The topological polar surface area (TPSA) is 119 Å². The zero-order valence-electron chi connectivity index (χ0n) is 15.1. The number of carbonyl (C=O) groups excluding carboxylic acids is 4. The fourth-order valence-electron chi connectivity index (χ4n) is 3.65. The van der Waals surface area contributed by atoms with Crippen molar-refractivity contribution in [1.82, 2.24) is 10.2 Å². The number of hydrogen-bond acceptors (Lipinski definition) is 5. The van der Waals surface area contributed by atoms with Crippen LogP contribution in [0.3, 0.4) is 0 Å². The summed E-state index contributed by atoms with van der Waals surface area (Å²) in [7, 11) is 0. The number of benzene rings is 2. The van der Waals surface area contributed by atoms with Gasteiger partial charge in [0.25, 0.3) is 11.8 Å². The first-order valence-corrected chi connectivity index (χ1v) is 8.81. The Labute approximate surface area is 164 Å². The molecule has 1 saturated heterocycles. The van der Waals surface area contributed by atoms with Crippen molar-refractivity contribution in [2.24, 2.45) is 5.73 Å². The molecule has 0 radical (unpaired) electrons. The second-order valence-corrected chi connectivity index (χ2v) is 6.89. The summed E-state index contributed by atoms with van der Waals surface area (Å²) in [4.78, 5) is 50.8. The Morgan fingerprint density at radius 1 is 1.21 bits per heavy atom. The SMILES string of the molecule is NC(=O)C1CC2(NC(=O)N(C(=O)Cc3ccccc3)C2=O)c2cc(F)ccc2O1. The lowest BCUT2D eigenvalue weighted by molar-refractivity contribution is -0.143. The quantitative estimate of drug-likeness (QED) is 0.749. The third-order valence-electron chi connectivity index (χ3n) is 5.02. The number of urea groups is 1. The van der Waals surface area contributed by atoms with Crippen LogP contribution >= 0.6 is 0 Å². The molecule has 148 valence electrons. The van der Waals surface area contributed by atoms with Gasteiger partial charge in [-0.3, -0.25) is 14.4 Å². The van der Waals surface area contributed by atoms with Crippen LogP contribution in [0.2, 0.25) is 0 Å². The maximum atomic E-state index is 13.9. The van der Waals surface area contributed by atoms with Crippen LogP contribution in [0.4, 0.5) is 9.18 Å². The van der Waals surface area contributed by atoms with Crippen LogP contribution in [-0.4, -0.2) is 34.8 Å². The molecule has 2 aromatic carbocycles. The number of primary amides is 1. The van der Waals surface area contributed by atoms with E-state index in [4.69, 9.17) is 10.5 Å². The number of fused-ring (bicyclic) bond motifs is 2. The Kier molecular flexibility index (Phi) is 4.30. The van der Waals surface area contributed by atoms with Crippen LogP contribution in [0.1, 0.15) is 17.5 Å². The molecule has 2 atom stereocenters. The minimum atomic E-state index is -1.82. The van der Waals surface area contributed by atoms with Gasteiger partial charge in [-0.25, -0.2) is 9.18 Å². The van der Waals surface area contributed by atoms with E-state index in [0.29, 0.717) is 10.5 Å². The number of halogens is 1. The van der Waals surface area contributed by atoms with Crippen molar-refractivity contribution < 1.29 is 28.3 Å². The van der Waals surface area contributed by atoms with Gasteiger partial charge in [0.1, 0.15) is 11.6 Å². The van der Waals surface area contributed by atoms with Gasteiger partial charge in [-0.15, -0.1) is 0 Å². The maximum absolute atomic E-state index is 13.9. The lowest BCUT2D eigenvalue weighted by Gasteiger charge is -2.36. The summed E-state index contributed by atoms with van der Waals surface area (Å²) in [6, 6.07) is 11.0. The fraction of sp³-hybridized carbons (Fsp3) is 0.200. The number of nitrogens with zero attached hydrogens (tertiary/aromatic N) is 1. The van der Waals surface area contributed by atoms with Crippen LogP contribution in [0, 0.1) is 5.82 Å². The van der Waals surface area contributed by atoms with Crippen LogP contribution < -0.4 is 15.8 Å². The van der Waals surface area contributed by atoms with Gasteiger partial charge in [0.05, 0.1) is 6.42 Å². The number of ether oxygens (including phenoxy) is 1. The standard InChI is InChI=1S/C20H16FN3O5/c21-12-6-7-14-13(9-12)20(10-15(29-14)17(22)26)18(27)24(19(28)23-20)16(25)8-11-4-2-1-3-5-11/h1-7,9,15H,8,10H2,(H2,22,26)(H,23,28). The van der Waals surface area contributed by atoms with E-state index in [1.165, 1.54) is 6.07 Å². The Morgan fingerprint density at radius 2 is 1.93 bits per heavy atom. The summed E-state index contributed by atoms with van der Waals surface area (Å²) in [5, 5.41) is 2.47. The first-order chi connectivity index (χ1) is 13.8. The van der Waals surface area contributed by atoms with E-state index in [0.717, 1.165) is 12.1 Å². The number of hydrogen-bond donors (Lipinski definition) is 2. The number of carbonyl (C=O) groups is 4. The Balaban J connectivity index is 1.73. The molecule has 0 aliphatic carbocycles. The van der Waals surface area contributed by atoms with Crippen LogP contribution in [0.15, 0.2) is 48.5 Å². The third-order valence-corrected chi connectivity index (χ3v) is 5.02. The van der Waals surface area contributed by atoms with Gasteiger partial charge in [0.15, 0.2) is 11.6 Å². The maximum Gasteiger partial charge on any atom is 0.332 e. The van der Waals surface area contributed by atoms with Crippen molar-refractivity contribution in [3.05, 3.63) is 65.5 Å². The molecule has 8 nitrogen and oxygen atoms in total. The lowest BCUT2D eigenvalue weighted by atomic mass is 9.81. The molecule has 0 saturated carbocycles. The smallest absolute Gasteiger partial charge is 0.332 e. The van der Waals surface area contributed by atoms with E-state index < -0.39 is 41.2 Å². The zero-order valence-corrected chi connectivity index (χ0v) is 15.1. The molecule has 29 heavy (non-hydrogen) atoms. The Morgan fingerprint density at radius 3 is 2.62 bits per heavy atom. The predicted octanol–water partition coefficient (Wildman–Crippen LogP) is 0.979. The first kappa shape index (κ1) is 18.6. The molecular formula is C20H16FN3O5. The van der Waals surface area contributed by atoms with E-state index in [1.54, 1.807) is 30.3 Å². The molecular weight excluding hydrogens is 381 g/mol. The number of nitrogens with one attached hydrogen (secondary N) is 1. The molecule has 1 spiro atoms. The van der Waals surface area contributed by atoms with Crippen LogP contribution in [-0.2, 0) is 26.3 Å². The van der Waals surface area contributed by atoms with E-state index >= 15 is 0 Å². The minimum absolute atomic E-state index is 0.0309. The number of imide groups is 3. The fourth-order valence-corrected chi connectivity index (χ4v) is 3.65. The molecule has 2 aliphatic rings. The summed E-state index contributed by atoms with van der Waals surface area (Å²) >= 11 is 0. The molecule has 2 aliphatic heterocycles. The zero-order chi connectivity index (χ0) is 20.8. The first-order valence-electron chi connectivity index (χ1n) is 8.81. The number of amides is 5. The van der Waals surface area contributed by atoms with Crippen LogP contribution in [0.25, 0.3) is 0 Å². The molecule has 4 rings (SSSR count). The minimum Gasteiger partial charge on any atom is -0.480 e. The summed E-state index contributed by atoms with van der Waals surface area (Å²) < 4.78 is 19.4. The van der Waals surface area contributed by atoms with Gasteiger partial charge < -0.3 is 15.8 Å². The summed E-state index contributed by atoms with van der Waals surface area (Å²) in [5.74, 6) is -3.12. The van der Waals surface area contributed by atoms with Crippen molar-refractivity contribution in [3.8, 4) is 5.75 Å². The van der Waals surface area contributed by atoms with Gasteiger partial charge in [-0.1, -0.05) is 30.3 Å². The van der Waals surface area contributed by atoms with Crippen molar-refractivity contribution >= 4 is 23.8 Å². The van der Waals surface area contributed by atoms with E-state index in [1.807, 2.05) is 0 Å². The Hall–Kier alpha value is -3.75. The summed E-state index contributed by atoms with van der Waals surface area (Å²) in [6.07, 6.45) is -1.76. The van der Waals surface area contributed by atoms with Gasteiger partial charge in [0.2, 0.25) is 5.91 Å². The molecule has 1 fully saturated rings. The summed E-state index contributed by atoms with van der Waals surface area (Å²) in [6.45, 7) is 0. The summed E-state index contributed by atoms with van der Waals surface area (Å²) in [5.41, 5.74) is 4.17. The lowest BCUT2D eigenvalue weighted by Crippen LogP contribution is -2.53. The normalized spacial score (nSPS) is 22.8. The molecule has 3 N–H and O–H groups in total. The van der Waals surface area contributed by atoms with E-state index in [-0.39, 0.29) is 24.2 Å². The highest BCUT2D eigenvalue weighted by Gasteiger charge is 2.59. The highest BCUT2D eigenvalue weighted by molar-refractivity contribution is 6.19. The molecule has 0 aromatic heterocycles. The van der Waals surface area contributed by atoms with E-state index in [2.05, 4.69) is 5.32 Å². The van der Waals surface area contributed by atoms with Crippen molar-refractivity contribution in [2.75, 3.05) is 0 Å².